The summed E-state index contributed by atoms with van der Waals surface area (Å²) in [6.45, 7) is 2.84. The van der Waals surface area contributed by atoms with E-state index in [2.05, 4.69) is 17.2 Å². The van der Waals surface area contributed by atoms with Gasteiger partial charge in [-0.2, -0.15) is 0 Å². The zero-order valence-electron chi connectivity index (χ0n) is 11.3. The van der Waals surface area contributed by atoms with E-state index in [0.29, 0.717) is 0 Å². The maximum atomic E-state index is 5.38. The van der Waals surface area contributed by atoms with Gasteiger partial charge in [0.15, 0.2) is 0 Å². The standard InChI is InChI=1S/C14H18N2O2S/c1-10(14-15-6-7-19-14)16-9-11-4-5-12(17-2)8-13(11)18-3/h4-8,10,16H,9H2,1-3H3/t10-/m0/s1. The lowest BCUT2D eigenvalue weighted by molar-refractivity contribution is 0.389. The molecular formula is C14H18N2O2S. The Morgan fingerprint density at radius 3 is 2.79 bits per heavy atom. The summed E-state index contributed by atoms with van der Waals surface area (Å²) in [6.07, 6.45) is 1.83. The number of hydrogen-bond acceptors (Lipinski definition) is 5. The summed E-state index contributed by atoms with van der Waals surface area (Å²) in [5.41, 5.74) is 1.10. The lowest BCUT2D eigenvalue weighted by atomic mass is 10.2. The second-order valence-electron chi connectivity index (χ2n) is 4.15. The molecule has 1 aromatic carbocycles. The average Bonchev–Trinajstić information content (AvgIpc) is 2.98. The molecule has 0 spiro atoms. The molecule has 0 fully saturated rings. The zero-order valence-corrected chi connectivity index (χ0v) is 12.2. The van der Waals surface area contributed by atoms with Crippen molar-refractivity contribution in [2.24, 2.45) is 0 Å². The number of thiazole rings is 1. The van der Waals surface area contributed by atoms with Gasteiger partial charge in [-0.25, -0.2) is 4.98 Å². The van der Waals surface area contributed by atoms with Crippen molar-refractivity contribution in [2.45, 2.75) is 19.5 Å². The van der Waals surface area contributed by atoms with E-state index in [0.717, 1.165) is 28.6 Å². The van der Waals surface area contributed by atoms with E-state index < -0.39 is 0 Å². The number of aromatic nitrogens is 1. The minimum absolute atomic E-state index is 0.229. The maximum Gasteiger partial charge on any atom is 0.127 e. The van der Waals surface area contributed by atoms with Crippen molar-refractivity contribution in [3.8, 4) is 11.5 Å². The van der Waals surface area contributed by atoms with Crippen LogP contribution in [-0.4, -0.2) is 19.2 Å². The highest BCUT2D eigenvalue weighted by molar-refractivity contribution is 7.09. The largest absolute Gasteiger partial charge is 0.497 e. The van der Waals surface area contributed by atoms with Crippen LogP contribution in [0.2, 0.25) is 0 Å². The predicted molar refractivity (Wildman–Crippen MR) is 76.9 cm³/mol. The molecule has 102 valence electrons. The minimum atomic E-state index is 0.229. The molecule has 5 heteroatoms. The minimum Gasteiger partial charge on any atom is -0.497 e. The van der Waals surface area contributed by atoms with Crippen molar-refractivity contribution in [1.29, 1.82) is 0 Å². The Balaban J connectivity index is 2.03. The van der Waals surface area contributed by atoms with Gasteiger partial charge in [0.05, 0.1) is 20.3 Å². The topological polar surface area (TPSA) is 43.4 Å². The van der Waals surface area contributed by atoms with Crippen LogP contribution in [0.3, 0.4) is 0 Å². The number of hydrogen-bond donors (Lipinski definition) is 1. The highest BCUT2D eigenvalue weighted by Crippen LogP contribution is 2.25. The van der Waals surface area contributed by atoms with Gasteiger partial charge in [0.2, 0.25) is 0 Å². The number of rotatable bonds is 6. The van der Waals surface area contributed by atoms with Crippen molar-refractivity contribution in [1.82, 2.24) is 10.3 Å². The number of ether oxygens (including phenoxy) is 2. The van der Waals surface area contributed by atoms with Crippen molar-refractivity contribution in [3.63, 3.8) is 0 Å². The molecule has 0 amide bonds. The summed E-state index contributed by atoms with van der Waals surface area (Å²) in [4.78, 5) is 4.30. The number of nitrogens with zero attached hydrogens (tertiary/aromatic N) is 1. The first-order valence-electron chi connectivity index (χ1n) is 6.08. The Morgan fingerprint density at radius 1 is 1.32 bits per heavy atom. The molecule has 0 saturated carbocycles. The SMILES string of the molecule is COc1ccc(CN[C@@H](C)c2nccs2)c(OC)c1. The van der Waals surface area contributed by atoms with Gasteiger partial charge in [0.25, 0.3) is 0 Å². The maximum absolute atomic E-state index is 5.38. The van der Waals surface area contributed by atoms with E-state index in [9.17, 15) is 0 Å². The van der Waals surface area contributed by atoms with Gasteiger partial charge in [0, 0.05) is 29.8 Å². The second-order valence-corrected chi connectivity index (χ2v) is 5.08. The Morgan fingerprint density at radius 2 is 2.16 bits per heavy atom. The predicted octanol–water partition coefficient (Wildman–Crippen LogP) is 3.01. The van der Waals surface area contributed by atoms with Crippen molar-refractivity contribution in [3.05, 3.63) is 40.3 Å². The Bertz CT molecular complexity index is 514. The van der Waals surface area contributed by atoms with Crippen LogP contribution >= 0.6 is 11.3 Å². The molecule has 19 heavy (non-hydrogen) atoms. The third-order valence-electron chi connectivity index (χ3n) is 2.91. The molecule has 0 aliphatic heterocycles. The van der Waals surface area contributed by atoms with Gasteiger partial charge >= 0.3 is 0 Å². The van der Waals surface area contributed by atoms with Crippen LogP contribution < -0.4 is 14.8 Å². The first-order valence-corrected chi connectivity index (χ1v) is 6.96. The van der Waals surface area contributed by atoms with E-state index in [1.54, 1.807) is 25.6 Å². The zero-order chi connectivity index (χ0) is 13.7. The van der Waals surface area contributed by atoms with Gasteiger partial charge in [-0.3, -0.25) is 0 Å². The normalized spacial score (nSPS) is 12.2. The van der Waals surface area contributed by atoms with Crippen LogP contribution in [0.5, 0.6) is 11.5 Å². The Hall–Kier alpha value is -1.59. The molecular weight excluding hydrogens is 260 g/mol. The first-order chi connectivity index (χ1) is 9.24. The molecule has 2 aromatic rings. The van der Waals surface area contributed by atoms with Crippen LogP contribution in [0.4, 0.5) is 0 Å². The fourth-order valence-corrected chi connectivity index (χ4v) is 2.47. The van der Waals surface area contributed by atoms with Gasteiger partial charge in [-0.1, -0.05) is 6.07 Å². The van der Waals surface area contributed by atoms with Crippen molar-refractivity contribution in [2.75, 3.05) is 14.2 Å². The van der Waals surface area contributed by atoms with E-state index in [4.69, 9.17) is 9.47 Å². The van der Waals surface area contributed by atoms with Crippen molar-refractivity contribution < 1.29 is 9.47 Å². The third kappa shape index (κ3) is 3.45. The molecule has 1 atom stereocenters. The molecule has 0 radical (unpaired) electrons. The Labute approximate surface area is 117 Å². The smallest absolute Gasteiger partial charge is 0.127 e. The van der Waals surface area contributed by atoms with Crippen molar-refractivity contribution >= 4 is 11.3 Å². The molecule has 4 nitrogen and oxygen atoms in total. The monoisotopic (exact) mass is 278 g/mol. The van der Waals surface area contributed by atoms with Gasteiger partial charge in [-0.15, -0.1) is 11.3 Å². The first kappa shape index (κ1) is 13.8. The van der Waals surface area contributed by atoms with Crippen LogP contribution in [0.25, 0.3) is 0 Å². The Kier molecular flexibility index (Phi) is 4.76. The molecule has 0 aliphatic rings. The lowest BCUT2D eigenvalue weighted by Gasteiger charge is -2.14. The van der Waals surface area contributed by atoms with Crippen LogP contribution in [0, 0.1) is 0 Å². The van der Waals surface area contributed by atoms with E-state index in [1.807, 2.05) is 29.8 Å². The molecule has 1 aromatic heterocycles. The third-order valence-corrected chi connectivity index (χ3v) is 3.87. The lowest BCUT2D eigenvalue weighted by Crippen LogP contribution is -2.18. The summed E-state index contributed by atoms with van der Waals surface area (Å²) in [5, 5.41) is 6.52. The fourth-order valence-electron chi connectivity index (χ4n) is 1.80. The van der Waals surface area contributed by atoms with E-state index >= 15 is 0 Å². The molecule has 1 N–H and O–H groups in total. The van der Waals surface area contributed by atoms with E-state index in [-0.39, 0.29) is 6.04 Å². The molecule has 0 saturated heterocycles. The molecule has 0 aliphatic carbocycles. The van der Waals surface area contributed by atoms with Crippen LogP contribution in [-0.2, 0) is 6.54 Å². The second kappa shape index (κ2) is 6.54. The molecule has 0 bridgehead atoms. The highest BCUT2D eigenvalue weighted by Gasteiger charge is 2.10. The summed E-state index contributed by atoms with van der Waals surface area (Å²) in [5.74, 6) is 1.63. The summed E-state index contributed by atoms with van der Waals surface area (Å²) in [7, 11) is 3.32. The molecule has 1 heterocycles. The summed E-state index contributed by atoms with van der Waals surface area (Å²) in [6, 6.07) is 6.07. The highest BCUT2D eigenvalue weighted by atomic mass is 32.1. The number of benzene rings is 1. The fraction of sp³-hybridized carbons (Fsp3) is 0.357. The van der Waals surface area contributed by atoms with Crippen LogP contribution in [0.15, 0.2) is 29.8 Å². The summed E-state index contributed by atoms with van der Waals surface area (Å²) >= 11 is 1.66. The molecule has 2 rings (SSSR count). The van der Waals surface area contributed by atoms with Gasteiger partial charge < -0.3 is 14.8 Å². The van der Waals surface area contributed by atoms with Gasteiger partial charge in [0.1, 0.15) is 16.5 Å². The van der Waals surface area contributed by atoms with Gasteiger partial charge in [-0.05, 0) is 13.0 Å². The van der Waals surface area contributed by atoms with Crippen LogP contribution in [0.1, 0.15) is 23.5 Å². The summed E-state index contributed by atoms with van der Waals surface area (Å²) < 4.78 is 10.6. The quantitative estimate of drug-likeness (QED) is 0.882. The number of nitrogens with one attached hydrogen (secondary N) is 1. The van der Waals surface area contributed by atoms with E-state index in [1.165, 1.54) is 0 Å². The average molecular weight is 278 g/mol. The number of methoxy groups -OCH3 is 2. The molecule has 0 unspecified atom stereocenters.